The van der Waals surface area contributed by atoms with Crippen LogP contribution >= 0.6 is 0 Å². The third-order valence-corrected chi connectivity index (χ3v) is 13.0. The topological polar surface area (TPSA) is 62.3 Å². The summed E-state index contributed by atoms with van der Waals surface area (Å²) in [5, 5.41) is 0. The Morgan fingerprint density at radius 3 is 1.94 bits per heavy atom. The molecule has 6 aliphatic heterocycles. The highest BCUT2D eigenvalue weighted by Crippen LogP contribution is 2.63. The molecule has 0 aliphatic carbocycles. The summed E-state index contributed by atoms with van der Waals surface area (Å²) < 4.78 is 29.4. The molecule has 7 nitrogen and oxygen atoms in total. The zero-order chi connectivity index (χ0) is 33.0. The van der Waals surface area contributed by atoms with Crippen LogP contribution in [0.15, 0.2) is 41.3 Å². The molecule has 3 aromatic carbocycles. The predicted octanol–water partition coefficient (Wildman–Crippen LogP) is 7.58. The molecule has 8 heteroatoms. The molecular weight excluding hydrogens is 619 g/mol. The lowest BCUT2D eigenvalue weighted by Gasteiger charge is -2.48. The first kappa shape index (κ1) is 31.9. The molecule has 0 amide bonds. The van der Waals surface area contributed by atoms with Crippen molar-refractivity contribution >= 4 is 28.3 Å². The average molecular weight is 668 g/mol. The van der Waals surface area contributed by atoms with Gasteiger partial charge in [0.05, 0.1) is 12.0 Å². The molecule has 254 valence electrons. The maximum absolute atomic E-state index is 14.8. The summed E-state index contributed by atoms with van der Waals surface area (Å²) in [7, 11) is 0.108. The smallest absolute Gasteiger partial charge is 0.305 e. The fourth-order valence-corrected chi connectivity index (χ4v) is 11.3. The summed E-state index contributed by atoms with van der Waals surface area (Å²) in [5.41, 5.74) is 11.2. The quantitative estimate of drug-likeness (QED) is 0.200. The number of unbranched alkanes of at least 4 members (excludes halogenated alkanes) is 2. The normalized spacial score (nSPS) is 20.8. The molecule has 1 atom stereocenters. The molecule has 0 saturated carbocycles. The standard InChI is InChI=1S/C38H43N3O4S.C2H6/c1-44-33(42)17-3-2-6-22-41-38(29-15-4-5-16-32(29)46(41)43)30-23-25-11-7-18-39-20-9-13-27(34(25)39)36(30)45-37-28-14-10-21-40-19-8-12-26(35(28)40)24-31(37)38;1-2/h4-5,15-16,23-24H,2-3,6-14,17-22H2,1H3;1-2H3. The summed E-state index contributed by atoms with van der Waals surface area (Å²) in [5.74, 6) is 1.87. The van der Waals surface area contributed by atoms with Gasteiger partial charge in [-0.3, -0.25) is 4.79 Å². The van der Waals surface area contributed by atoms with E-state index in [1.54, 1.807) is 0 Å². The van der Waals surface area contributed by atoms with Gasteiger partial charge in [-0.15, -0.1) is 0 Å². The van der Waals surface area contributed by atoms with Gasteiger partial charge in [-0.1, -0.05) is 38.5 Å². The molecule has 48 heavy (non-hydrogen) atoms. The van der Waals surface area contributed by atoms with E-state index in [4.69, 9.17) is 9.47 Å². The Morgan fingerprint density at radius 2 is 1.35 bits per heavy atom. The number of methoxy groups -OCH3 is 1. The molecule has 1 unspecified atom stereocenters. The van der Waals surface area contributed by atoms with Crippen LogP contribution in [0.25, 0.3) is 0 Å². The lowest BCUT2D eigenvalue weighted by molar-refractivity contribution is -0.140. The number of benzene rings is 3. The Kier molecular flexibility index (Phi) is 8.52. The predicted molar refractivity (Wildman–Crippen MR) is 192 cm³/mol. The van der Waals surface area contributed by atoms with E-state index in [1.165, 1.54) is 51.9 Å². The van der Waals surface area contributed by atoms with Gasteiger partial charge < -0.3 is 19.3 Å². The number of anilines is 2. The van der Waals surface area contributed by atoms with E-state index >= 15 is 0 Å². The lowest BCUT2D eigenvalue weighted by Crippen LogP contribution is -2.48. The number of ether oxygens (including phenoxy) is 2. The largest absolute Gasteiger partial charge is 0.469 e. The molecule has 6 heterocycles. The number of hydrogen-bond acceptors (Lipinski definition) is 6. The van der Waals surface area contributed by atoms with E-state index in [1.807, 2.05) is 19.9 Å². The van der Waals surface area contributed by atoms with Crippen molar-refractivity contribution in [2.45, 2.75) is 101 Å². The zero-order valence-corrected chi connectivity index (χ0v) is 29.7. The Hall–Kier alpha value is -3.36. The summed E-state index contributed by atoms with van der Waals surface area (Å²) >= 11 is 0. The van der Waals surface area contributed by atoms with Gasteiger partial charge >= 0.3 is 5.97 Å². The maximum Gasteiger partial charge on any atom is 0.305 e. The van der Waals surface area contributed by atoms with Gasteiger partial charge in [0.25, 0.3) is 0 Å². The number of nitrogens with zero attached hydrogens (tertiary/aromatic N) is 3. The monoisotopic (exact) mass is 667 g/mol. The highest BCUT2D eigenvalue weighted by Gasteiger charge is 2.58. The minimum Gasteiger partial charge on any atom is -0.469 e. The second kappa shape index (κ2) is 12.8. The van der Waals surface area contributed by atoms with Crippen LogP contribution in [-0.2, 0) is 51.7 Å². The molecule has 0 fully saturated rings. The van der Waals surface area contributed by atoms with E-state index in [0.29, 0.717) is 13.0 Å². The van der Waals surface area contributed by atoms with Crippen LogP contribution in [0.1, 0.15) is 104 Å². The van der Waals surface area contributed by atoms with Gasteiger partial charge in [0.1, 0.15) is 28.0 Å². The van der Waals surface area contributed by atoms with Crippen molar-refractivity contribution < 1.29 is 18.5 Å². The highest BCUT2D eigenvalue weighted by molar-refractivity contribution is 7.83. The van der Waals surface area contributed by atoms with E-state index in [-0.39, 0.29) is 5.97 Å². The third kappa shape index (κ3) is 4.68. The molecule has 0 aromatic heterocycles. The number of carbonyl (C=O) groups is 1. The molecule has 0 saturated heterocycles. The second-order valence-corrected chi connectivity index (χ2v) is 15.3. The minimum atomic E-state index is -1.34. The maximum atomic E-state index is 14.8. The van der Waals surface area contributed by atoms with E-state index in [0.717, 1.165) is 119 Å². The van der Waals surface area contributed by atoms with Crippen LogP contribution in [-0.4, -0.2) is 54.3 Å². The first-order valence-electron chi connectivity index (χ1n) is 18.5. The fraction of sp³-hybridized carbons (Fsp3) is 0.525. The Labute approximate surface area is 288 Å². The van der Waals surface area contributed by atoms with Crippen LogP contribution in [0.5, 0.6) is 11.5 Å². The minimum absolute atomic E-state index is 0.165. The molecule has 0 N–H and O–H groups in total. The van der Waals surface area contributed by atoms with Crippen molar-refractivity contribution in [2.75, 3.05) is 49.6 Å². The van der Waals surface area contributed by atoms with Crippen molar-refractivity contribution in [3.63, 3.8) is 0 Å². The number of hydrogen-bond donors (Lipinski definition) is 0. The van der Waals surface area contributed by atoms with Gasteiger partial charge in [-0.05, 0) is 93.5 Å². The van der Waals surface area contributed by atoms with Crippen molar-refractivity contribution in [1.29, 1.82) is 0 Å². The molecule has 9 rings (SSSR count). The van der Waals surface area contributed by atoms with Crippen LogP contribution in [0.2, 0.25) is 0 Å². The van der Waals surface area contributed by atoms with Gasteiger partial charge in [0.2, 0.25) is 0 Å². The second-order valence-electron chi connectivity index (χ2n) is 13.9. The van der Waals surface area contributed by atoms with E-state index in [9.17, 15) is 9.00 Å². The van der Waals surface area contributed by atoms with Crippen LogP contribution in [0.3, 0.4) is 0 Å². The fourth-order valence-electron chi connectivity index (χ4n) is 9.59. The van der Waals surface area contributed by atoms with Crippen LogP contribution < -0.4 is 14.5 Å². The molecule has 6 aliphatic rings. The van der Waals surface area contributed by atoms with E-state index < -0.39 is 16.5 Å². The average Bonchev–Trinajstić information content (AvgIpc) is 3.38. The molecule has 1 spiro atoms. The molecule has 3 aromatic rings. The van der Waals surface area contributed by atoms with Crippen molar-refractivity contribution in [3.8, 4) is 11.5 Å². The van der Waals surface area contributed by atoms with Crippen molar-refractivity contribution in [1.82, 2.24) is 4.31 Å². The molecule has 0 radical (unpaired) electrons. The Bertz CT molecular complexity index is 1700. The highest BCUT2D eigenvalue weighted by atomic mass is 32.2. The number of fused-ring (bicyclic) bond motifs is 8. The lowest BCUT2D eigenvalue weighted by atomic mass is 9.70. The van der Waals surface area contributed by atoms with Crippen LogP contribution in [0, 0.1) is 0 Å². The molecular formula is C40H49N3O4S. The van der Waals surface area contributed by atoms with Crippen molar-refractivity contribution in [2.24, 2.45) is 0 Å². The first-order chi connectivity index (χ1) is 23.6. The number of esters is 1. The summed E-state index contributed by atoms with van der Waals surface area (Å²) in [6, 6.07) is 13.4. The SMILES string of the molecule is CC.COC(=O)CCCCCN1S(=O)c2ccccc2C12c1cc3c4c(c1Oc1c2cc2c5c1CCCN5CCC2)CCCN4CCC3. The van der Waals surface area contributed by atoms with Gasteiger partial charge in [0, 0.05) is 78.3 Å². The Morgan fingerprint density at radius 1 is 0.792 bits per heavy atom. The summed E-state index contributed by atoms with van der Waals surface area (Å²) in [6.07, 6.45) is 11.7. The van der Waals surface area contributed by atoms with E-state index in [2.05, 4.69) is 44.4 Å². The summed E-state index contributed by atoms with van der Waals surface area (Å²) in [4.78, 5) is 18.0. The first-order valence-corrected chi connectivity index (χ1v) is 19.6. The zero-order valence-electron chi connectivity index (χ0n) is 28.9. The number of aryl methyl sites for hydroxylation is 2. The number of carbonyl (C=O) groups excluding carboxylic acids is 1. The van der Waals surface area contributed by atoms with Gasteiger partial charge in [-0.25, -0.2) is 8.51 Å². The Balaban J connectivity index is 0.00000165. The third-order valence-electron chi connectivity index (χ3n) is 11.4. The van der Waals surface area contributed by atoms with Gasteiger partial charge in [0.15, 0.2) is 0 Å². The van der Waals surface area contributed by atoms with Crippen LogP contribution in [0.4, 0.5) is 11.4 Å². The van der Waals surface area contributed by atoms with Gasteiger partial charge in [-0.2, -0.15) is 0 Å². The number of rotatable bonds is 6. The van der Waals surface area contributed by atoms with Crippen molar-refractivity contribution in [3.05, 3.63) is 75.3 Å². The molecule has 0 bridgehead atoms. The summed E-state index contributed by atoms with van der Waals surface area (Å²) in [6.45, 7) is 9.10.